The summed E-state index contributed by atoms with van der Waals surface area (Å²) >= 11 is 0. The lowest BCUT2D eigenvalue weighted by Gasteiger charge is -2.04. The average molecular weight is 261 g/mol. The third-order valence-electron chi connectivity index (χ3n) is 2.73. The Bertz CT molecular complexity index is 231. The van der Waals surface area contributed by atoms with E-state index >= 15 is 0 Å². The fourth-order valence-electron chi connectivity index (χ4n) is 1.16. The van der Waals surface area contributed by atoms with Crippen LogP contribution in [-0.4, -0.2) is 28.2 Å². The van der Waals surface area contributed by atoms with Crippen LogP contribution in [0.5, 0.6) is 0 Å². The van der Waals surface area contributed by atoms with Crippen molar-refractivity contribution in [2.75, 3.05) is 0 Å². The van der Waals surface area contributed by atoms with Crippen molar-refractivity contribution in [1.29, 1.82) is 0 Å². The van der Waals surface area contributed by atoms with Gasteiger partial charge in [0.1, 0.15) is 6.04 Å². The number of rotatable bonds is 8. The van der Waals surface area contributed by atoms with Crippen molar-refractivity contribution in [2.45, 2.75) is 65.3 Å². The first-order valence-corrected chi connectivity index (χ1v) is 6.55. The maximum absolute atomic E-state index is 9.99. The summed E-state index contributed by atoms with van der Waals surface area (Å²) in [7, 11) is 0. The molecule has 0 aliphatic heterocycles. The van der Waals surface area contributed by atoms with E-state index in [0.717, 1.165) is 5.92 Å². The minimum absolute atomic E-state index is 0.0231. The molecular formula is C13H27NO4. The van der Waals surface area contributed by atoms with E-state index in [2.05, 4.69) is 20.8 Å². The summed E-state index contributed by atoms with van der Waals surface area (Å²) in [6.07, 6.45) is 5.31. The molecule has 0 aromatic heterocycles. The van der Waals surface area contributed by atoms with E-state index in [0.29, 0.717) is 0 Å². The smallest absolute Gasteiger partial charge is 0.320 e. The number of unbranched alkanes of at least 4 members (excludes halogenated alkanes) is 1. The molecule has 5 heteroatoms. The molecular weight excluding hydrogens is 234 g/mol. The number of nitrogens with two attached hydrogens (primary N) is 1. The van der Waals surface area contributed by atoms with Crippen LogP contribution >= 0.6 is 0 Å². The Kier molecular flexibility index (Phi) is 13.2. The highest BCUT2D eigenvalue weighted by Gasteiger charge is 2.12. The van der Waals surface area contributed by atoms with Crippen molar-refractivity contribution in [2.24, 2.45) is 11.7 Å². The summed E-state index contributed by atoms with van der Waals surface area (Å²) in [5, 5.41) is 16.3. The molecule has 0 spiro atoms. The number of carboxylic acids is 2. The lowest BCUT2D eigenvalue weighted by atomic mass is 10.0. The standard InChI is InChI=1S/C8H18.C5H9NO4/c1-4-6-7-8(3)5-2;6-3(5(9)10)1-2-4(7)8/h8H,4-7H2,1-3H3;3H,1-2,6H2,(H,7,8)(H,9,10). The Morgan fingerprint density at radius 1 is 1.17 bits per heavy atom. The van der Waals surface area contributed by atoms with Crippen molar-refractivity contribution in [3.8, 4) is 0 Å². The second-order valence-electron chi connectivity index (χ2n) is 4.53. The van der Waals surface area contributed by atoms with Crippen LogP contribution in [-0.2, 0) is 9.59 Å². The summed E-state index contributed by atoms with van der Waals surface area (Å²) in [6, 6.07) is -1.06. The maximum Gasteiger partial charge on any atom is 0.320 e. The van der Waals surface area contributed by atoms with Crippen LogP contribution < -0.4 is 5.73 Å². The Morgan fingerprint density at radius 2 is 1.72 bits per heavy atom. The van der Waals surface area contributed by atoms with Gasteiger partial charge in [-0.3, -0.25) is 9.59 Å². The van der Waals surface area contributed by atoms with E-state index in [1.165, 1.54) is 25.7 Å². The van der Waals surface area contributed by atoms with Gasteiger partial charge < -0.3 is 15.9 Å². The number of carbonyl (C=O) groups is 2. The largest absolute Gasteiger partial charge is 0.481 e. The van der Waals surface area contributed by atoms with Crippen molar-refractivity contribution >= 4 is 11.9 Å². The first-order valence-electron chi connectivity index (χ1n) is 6.55. The highest BCUT2D eigenvalue weighted by atomic mass is 16.4. The van der Waals surface area contributed by atoms with E-state index < -0.39 is 18.0 Å². The second-order valence-corrected chi connectivity index (χ2v) is 4.53. The molecule has 108 valence electrons. The summed E-state index contributed by atoms with van der Waals surface area (Å²) in [5.74, 6) is -1.24. The zero-order valence-corrected chi connectivity index (χ0v) is 11.7. The van der Waals surface area contributed by atoms with Crippen LogP contribution in [0.4, 0.5) is 0 Å². The fourth-order valence-corrected chi connectivity index (χ4v) is 1.16. The Morgan fingerprint density at radius 3 is 2.06 bits per heavy atom. The van der Waals surface area contributed by atoms with Crippen molar-refractivity contribution in [3.05, 3.63) is 0 Å². The molecule has 4 N–H and O–H groups in total. The topological polar surface area (TPSA) is 101 Å². The van der Waals surface area contributed by atoms with Gasteiger partial charge in [0.15, 0.2) is 0 Å². The summed E-state index contributed by atoms with van der Waals surface area (Å²) in [5.41, 5.74) is 5.00. The Labute approximate surface area is 109 Å². The number of carboxylic acid groups (broad SMARTS) is 2. The molecule has 0 fully saturated rings. The van der Waals surface area contributed by atoms with Crippen LogP contribution in [0.1, 0.15) is 59.3 Å². The van der Waals surface area contributed by atoms with Gasteiger partial charge >= 0.3 is 11.9 Å². The molecule has 0 radical (unpaired) electrons. The predicted octanol–water partition coefficient (Wildman–Crippen LogP) is 2.49. The molecule has 0 saturated heterocycles. The third-order valence-corrected chi connectivity index (χ3v) is 2.73. The Hall–Kier alpha value is -1.10. The molecule has 2 unspecified atom stereocenters. The van der Waals surface area contributed by atoms with Crippen LogP contribution in [0.25, 0.3) is 0 Å². The molecule has 0 heterocycles. The lowest BCUT2D eigenvalue weighted by molar-refractivity contribution is -0.139. The quantitative estimate of drug-likeness (QED) is 0.623. The van der Waals surface area contributed by atoms with E-state index in [9.17, 15) is 9.59 Å². The summed E-state index contributed by atoms with van der Waals surface area (Å²) in [6.45, 7) is 6.85. The number of hydrogen-bond donors (Lipinski definition) is 3. The molecule has 18 heavy (non-hydrogen) atoms. The third kappa shape index (κ3) is 14.9. The Balaban J connectivity index is 0. The predicted molar refractivity (Wildman–Crippen MR) is 71.5 cm³/mol. The van der Waals surface area contributed by atoms with Gasteiger partial charge in [0, 0.05) is 6.42 Å². The van der Waals surface area contributed by atoms with Gasteiger partial charge in [-0.05, 0) is 12.3 Å². The highest BCUT2D eigenvalue weighted by molar-refractivity contribution is 5.74. The molecule has 0 aliphatic rings. The first kappa shape index (κ1) is 19.2. The number of hydrogen-bond acceptors (Lipinski definition) is 3. The zero-order chi connectivity index (χ0) is 14.6. The minimum atomic E-state index is -1.17. The van der Waals surface area contributed by atoms with Crippen molar-refractivity contribution < 1.29 is 19.8 Å². The number of aliphatic carboxylic acids is 2. The van der Waals surface area contributed by atoms with Crippen LogP contribution in [0.15, 0.2) is 0 Å². The average Bonchev–Trinajstić information content (AvgIpc) is 2.33. The molecule has 5 nitrogen and oxygen atoms in total. The second kappa shape index (κ2) is 12.4. The molecule has 0 aliphatic carbocycles. The maximum atomic E-state index is 9.99. The van der Waals surface area contributed by atoms with Crippen molar-refractivity contribution in [1.82, 2.24) is 0 Å². The lowest BCUT2D eigenvalue weighted by Crippen LogP contribution is -2.30. The summed E-state index contributed by atoms with van der Waals surface area (Å²) < 4.78 is 0. The van der Waals surface area contributed by atoms with Gasteiger partial charge in [0.05, 0.1) is 0 Å². The molecule has 0 rings (SSSR count). The first-order chi connectivity index (χ1) is 8.34. The van der Waals surface area contributed by atoms with Crippen LogP contribution in [0.3, 0.4) is 0 Å². The molecule has 0 amide bonds. The van der Waals surface area contributed by atoms with E-state index in [4.69, 9.17) is 15.9 Å². The molecule has 0 bridgehead atoms. The van der Waals surface area contributed by atoms with Crippen LogP contribution in [0.2, 0.25) is 0 Å². The zero-order valence-electron chi connectivity index (χ0n) is 11.7. The molecule has 0 aromatic rings. The van der Waals surface area contributed by atoms with Crippen LogP contribution in [0, 0.1) is 5.92 Å². The van der Waals surface area contributed by atoms with Gasteiger partial charge in [-0.2, -0.15) is 0 Å². The van der Waals surface area contributed by atoms with Gasteiger partial charge in [-0.1, -0.05) is 46.5 Å². The molecule has 0 aromatic carbocycles. The van der Waals surface area contributed by atoms with Gasteiger partial charge in [0.25, 0.3) is 0 Å². The molecule has 2 atom stereocenters. The fraction of sp³-hybridized carbons (Fsp3) is 0.846. The minimum Gasteiger partial charge on any atom is -0.481 e. The van der Waals surface area contributed by atoms with E-state index in [1.807, 2.05) is 0 Å². The van der Waals surface area contributed by atoms with E-state index in [1.54, 1.807) is 0 Å². The van der Waals surface area contributed by atoms with Gasteiger partial charge in [-0.15, -0.1) is 0 Å². The van der Waals surface area contributed by atoms with Gasteiger partial charge in [-0.25, -0.2) is 0 Å². The highest BCUT2D eigenvalue weighted by Crippen LogP contribution is 2.09. The van der Waals surface area contributed by atoms with Crippen molar-refractivity contribution in [3.63, 3.8) is 0 Å². The monoisotopic (exact) mass is 261 g/mol. The molecule has 0 saturated carbocycles. The normalized spacial score (nSPS) is 13.1. The summed E-state index contributed by atoms with van der Waals surface area (Å²) in [4.78, 5) is 19.9. The SMILES string of the molecule is CCCCC(C)CC.NC(CCC(=O)O)C(=O)O. The van der Waals surface area contributed by atoms with E-state index in [-0.39, 0.29) is 12.8 Å². The van der Waals surface area contributed by atoms with Gasteiger partial charge in [0.2, 0.25) is 0 Å².